The number of benzene rings is 1. The summed E-state index contributed by atoms with van der Waals surface area (Å²) in [5.74, 6) is 0. The van der Waals surface area contributed by atoms with Gasteiger partial charge < -0.3 is 9.57 Å². The highest BCUT2D eigenvalue weighted by Crippen LogP contribution is 2.49. The molecule has 1 aromatic carbocycles. The van der Waals surface area contributed by atoms with Crippen LogP contribution in [0.25, 0.3) is 0 Å². The fourth-order valence-corrected chi connectivity index (χ4v) is 7.14. The Balaban J connectivity index is 1.47. The molecule has 2 aliphatic heterocycles. The maximum absolute atomic E-state index is 5.85. The molecule has 20 heavy (non-hydrogen) atoms. The molecule has 1 fully saturated rings. The Morgan fingerprint density at radius 2 is 2.10 bits per heavy atom. The molecule has 0 unspecified atom stereocenters. The second-order valence-electron chi connectivity index (χ2n) is 6.48. The van der Waals surface area contributed by atoms with Crippen molar-refractivity contribution < 1.29 is 9.57 Å². The van der Waals surface area contributed by atoms with Crippen molar-refractivity contribution in [2.75, 3.05) is 13.2 Å². The van der Waals surface area contributed by atoms with Crippen LogP contribution in [0.15, 0.2) is 35.5 Å². The maximum Gasteiger partial charge on any atom is 0.122 e. The van der Waals surface area contributed by atoms with Crippen LogP contribution < -0.4 is 0 Å². The van der Waals surface area contributed by atoms with Gasteiger partial charge in [-0.05, 0) is 23.9 Å². The fraction of sp³-hybridized carbons (Fsp3) is 0.562. The van der Waals surface area contributed by atoms with Gasteiger partial charge in [-0.2, -0.15) is 0 Å². The van der Waals surface area contributed by atoms with Crippen molar-refractivity contribution >= 4 is 13.8 Å². The molecule has 108 valence electrons. The van der Waals surface area contributed by atoms with Crippen molar-refractivity contribution in [3.63, 3.8) is 0 Å². The lowest BCUT2D eigenvalue weighted by Crippen LogP contribution is -2.35. The molecule has 4 heteroatoms. The van der Waals surface area contributed by atoms with Gasteiger partial charge in [0.2, 0.25) is 0 Å². The summed E-state index contributed by atoms with van der Waals surface area (Å²) in [6.07, 6.45) is 2.31. The Hall–Kier alpha value is -1.13. The Morgan fingerprint density at radius 1 is 1.30 bits per heavy atom. The zero-order valence-corrected chi connectivity index (χ0v) is 13.3. The van der Waals surface area contributed by atoms with Crippen LogP contribution in [0, 0.1) is 0 Å². The summed E-state index contributed by atoms with van der Waals surface area (Å²) in [6.45, 7) is 7.38. The predicted molar refractivity (Wildman–Crippen MR) is 83.7 cm³/mol. The molecule has 1 aromatic rings. The largest absolute Gasteiger partial charge is 0.395 e. The third-order valence-electron chi connectivity index (χ3n) is 4.95. The predicted octanol–water partition coefficient (Wildman–Crippen LogP) is 3.83. The fourth-order valence-electron chi connectivity index (χ4n) is 3.44. The van der Waals surface area contributed by atoms with E-state index in [1.54, 1.807) is 0 Å². The Kier molecular flexibility index (Phi) is 3.94. The lowest BCUT2D eigenvalue weighted by atomic mass is 10.1. The molecule has 0 spiro atoms. The minimum absolute atomic E-state index is 0.654. The van der Waals surface area contributed by atoms with Crippen molar-refractivity contribution in [2.45, 2.75) is 43.6 Å². The van der Waals surface area contributed by atoms with Gasteiger partial charge in [0.05, 0.1) is 20.4 Å². The summed E-state index contributed by atoms with van der Waals surface area (Å²) in [7, 11) is -1.26. The summed E-state index contributed by atoms with van der Waals surface area (Å²) < 4.78 is 5.85. The monoisotopic (exact) mass is 289 g/mol. The van der Waals surface area contributed by atoms with E-state index in [4.69, 9.17) is 9.57 Å². The van der Waals surface area contributed by atoms with Crippen molar-refractivity contribution in [3.8, 4) is 0 Å². The summed E-state index contributed by atoms with van der Waals surface area (Å²) in [5.41, 5.74) is 4.03. The first-order chi connectivity index (χ1) is 9.68. The summed E-state index contributed by atoms with van der Waals surface area (Å²) in [5, 5.41) is 4.23. The zero-order chi connectivity index (χ0) is 14.0. The number of fused-ring (bicyclic) bond motifs is 1. The van der Waals surface area contributed by atoms with E-state index < -0.39 is 8.07 Å². The van der Waals surface area contributed by atoms with Crippen LogP contribution in [0.2, 0.25) is 24.2 Å². The molecule has 0 N–H and O–H groups in total. The minimum atomic E-state index is -1.26. The van der Waals surface area contributed by atoms with E-state index >= 15 is 0 Å². The summed E-state index contributed by atoms with van der Waals surface area (Å²) >= 11 is 0. The molecule has 2 atom stereocenters. The molecular weight excluding hydrogens is 266 g/mol. The van der Waals surface area contributed by atoms with E-state index in [9.17, 15) is 0 Å². The van der Waals surface area contributed by atoms with E-state index in [0.29, 0.717) is 5.54 Å². The Bertz CT molecular complexity index is 487. The first-order valence-electron chi connectivity index (χ1n) is 7.48. The molecule has 0 radical (unpaired) electrons. The SMILES string of the molecule is C[Si]1(C)[C@@H](CCOCc2ccccc2)CC2=NOC[C@@H]21. The van der Waals surface area contributed by atoms with E-state index in [-0.39, 0.29) is 0 Å². The molecule has 2 aliphatic rings. The van der Waals surface area contributed by atoms with Crippen molar-refractivity contribution in [2.24, 2.45) is 5.16 Å². The van der Waals surface area contributed by atoms with Gasteiger partial charge in [-0.3, -0.25) is 0 Å². The molecule has 0 aliphatic carbocycles. The minimum Gasteiger partial charge on any atom is -0.395 e. The number of hydrogen-bond donors (Lipinski definition) is 0. The number of rotatable bonds is 5. The maximum atomic E-state index is 5.85. The zero-order valence-electron chi connectivity index (χ0n) is 12.3. The van der Waals surface area contributed by atoms with Crippen LogP contribution in [0.5, 0.6) is 0 Å². The van der Waals surface area contributed by atoms with E-state index in [1.165, 1.54) is 17.7 Å². The van der Waals surface area contributed by atoms with Crippen LogP contribution in [0.3, 0.4) is 0 Å². The molecular formula is C16H23NO2Si. The van der Waals surface area contributed by atoms with Crippen LogP contribution in [-0.4, -0.2) is 27.0 Å². The second-order valence-corrected chi connectivity index (χ2v) is 11.6. The van der Waals surface area contributed by atoms with Crippen LogP contribution in [0.4, 0.5) is 0 Å². The highest BCUT2D eigenvalue weighted by Gasteiger charge is 2.50. The Morgan fingerprint density at radius 3 is 2.85 bits per heavy atom. The number of oxime groups is 1. The first kappa shape index (κ1) is 13.8. The smallest absolute Gasteiger partial charge is 0.122 e. The lowest BCUT2D eigenvalue weighted by Gasteiger charge is -2.28. The van der Waals surface area contributed by atoms with Gasteiger partial charge in [-0.15, -0.1) is 0 Å². The van der Waals surface area contributed by atoms with Gasteiger partial charge in [-0.25, -0.2) is 0 Å². The molecule has 3 rings (SSSR count). The molecule has 3 nitrogen and oxygen atoms in total. The van der Waals surface area contributed by atoms with Gasteiger partial charge in [0.15, 0.2) is 0 Å². The summed E-state index contributed by atoms with van der Waals surface area (Å²) in [6, 6.07) is 10.4. The average molecular weight is 289 g/mol. The third-order valence-corrected chi connectivity index (χ3v) is 9.85. The lowest BCUT2D eigenvalue weighted by molar-refractivity contribution is 0.117. The number of hydrogen-bond acceptors (Lipinski definition) is 3. The van der Waals surface area contributed by atoms with Gasteiger partial charge in [0.25, 0.3) is 0 Å². The van der Waals surface area contributed by atoms with Crippen molar-refractivity contribution in [3.05, 3.63) is 35.9 Å². The Labute approximate surface area is 122 Å². The van der Waals surface area contributed by atoms with E-state index in [0.717, 1.165) is 31.8 Å². The highest BCUT2D eigenvalue weighted by molar-refractivity contribution is 6.85. The quantitative estimate of drug-likeness (QED) is 0.609. The highest BCUT2D eigenvalue weighted by atomic mass is 28.3. The molecule has 1 saturated heterocycles. The van der Waals surface area contributed by atoms with Gasteiger partial charge in [0.1, 0.15) is 6.61 Å². The van der Waals surface area contributed by atoms with Crippen LogP contribution in [0.1, 0.15) is 18.4 Å². The van der Waals surface area contributed by atoms with Gasteiger partial charge in [-0.1, -0.05) is 48.6 Å². The second kappa shape index (κ2) is 5.70. The molecule has 0 saturated carbocycles. The van der Waals surface area contributed by atoms with Crippen LogP contribution >= 0.6 is 0 Å². The molecule has 0 amide bonds. The topological polar surface area (TPSA) is 30.8 Å². The average Bonchev–Trinajstić information content (AvgIpc) is 2.99. The van der Waals surface area contributed by atoms with E-state index in [2.05, 4.69) is 42.5 Å². The third kappa shape index (κ3) is 2.67. The standard InChI is InChI=1S/C16H23NO2Si/c1-20(2)14(10-15-16(20)12-19-17-15)8-9-18-11-13-6-4-3-5-7-13/h3-7,14,16H,8-12H2,1-2H3/t14-,16-/m0/s1. The summed E-state index contributed by atoms with van der Waals surface area (Å²) in [4.78, 5) is 5.27. The van der Waals surface area contributed by atoms with Crippen molar-refractivity contribution in [1.29, 1.82) is 0 Å². The van der Waals surface area contributed by atoms with E-state index in [1.807, 2.05) is 6.07 Å². The molecule has 0 aromatic heterocycles. The van der Waals surface area contributed by atoms with Crippen molar-refractivity contribution in [1.82, 2.24) is 0 Å². The van der Waals surface area contributed by atoms with Gasteiger partial charge in [0, 0.05) is 12.1 Å². The van der Waals surface area contributed by atoms with Gasteiger partial charge >= 0.3 is 0 Å². The van der Waals surface area contributed by atoms with Crippen LogP contribution in [-0.2, 0) is 16.2 Å². The normalized spacial score (nSPS) is 27.0. The molecule has 2 heterocycles. The first-order valence-corrected chi connectivity index (χ1v) is 10.6. The molecule has 0 bridgehead atoms. The number of ether oxygens (including phenoxy) is 1. The number of nitrogens with zero attached hydrogens (tertiary/aromatic N) is 1.